The van der Waals surface area contributed by atoms with Crippen molar-refractivity contribution >= 4 is 56.7 Å². The number of rotatable bonds is 4. The van der Waals surface area contributed by atoms with E-state index in [1.807, 2.05) is 29.8 Å². The van der Waals surface area contributed by atoms with Crippen LogP contribution in [0, 0.1) is 0 Å². The maximum absolute atomic E-state index is 12.1. The van der Waals surface area contributed by atoms with Gasteiger partial charge in [-0.2, -0.15) is 4.99 Å². The lowest BCUT2D eigenvalue weighted by molar-refractivity contribution is -0.132. The van der Waals surface area contributed by atoms with Crippen molar-refractivity contribution in [2.75, 3.05) is 37.8 Å². The molecule has 1 aliphatic heterocycles. The lowest BCUT2D eigenvalue weighted by Gasteiger charge is -2.26. The van der Waals surface area contributed by atoms with Crippen LogP contribution in [0.4, 0.5) is 0 Å². The summed E-state index contributed by atoms with van der Waals surface area (Å²) < 4.78 is 8.08. The summed E-state index contributed by atoms with van der Waals surface area (Å²) in [5, 5.41) is 0.657. The summed E-state index contributed by atoms with van der Waals surface area (Å²) in [5.41, 5.74) is 0.982. The largest absolute Gasteiger partial charge is 0.378 e. The van der Waals surface area contributed by atoms with E-state index in [1.54, 1.807) is 4.90 Å². The standard InChI is InChI=1S/C16H18ClN3O3S2/c1-19-12-3-2-11(17)8-13(12)25-16(19)18-14(21)9-24-10-15(22)20-4-6-23-7-5-20/h2-3,8H,4-7,9-10H2,1H3. The van der Waals surface area contributed by atoms with Gasteiger partial charge in [0.2, 0.25) is 5.91 Å². The van der Waals surface area contributed by atoms with Crippen LogP contribution in [0.5, 0.6) is 0 Å². The maximum Gasteiger partial charge on any atom is 0.258 e. The summed E-state index contributed by atoms with van der Waals surface area (Å²) in [6.45, 7) is 2.41. The Kier molecular flexibility index (Phi) is 6.16. The Morgan fingerprint density at radius 2 is 2.08 bits per heavy atom. The SMILES string of the molecule is Cn1c(=NC(=O)CSCC(=O)N2CCOCC2)sc2cc(Cl)ccc21. The number of thiazole rings is 1. The molecule has 0 aliphatic carbocycles. The van der Waals surface area contributed by atoms with Crippen LogP contribution in [-0.2, 0) is 21.4 Å². The Morgan fingerprint density at radius 3 is 2.84 bits per heavy atom. The monoisotopic (exact) mass is 399 g/mol. The number of fused-ring (bicyclic) bond motifs is 1. The fourth-order valence-electron chi connectivity index (χ4n) is 2.48. The smallest absolute Gasteiger partial charge is 0.258 e. The molecular formula is C16H18ClN3O3S2. The number of carbonyl (C=O) groups is 2. The molecule has 2 amide bonds. The zero-order valence-electron chi connectivity index (χ0n) is 13.7. The minimum Gasteiger partial charge on any atom is -0.378 e. The van der Waals surface area contributed by atoms with Crippen LogP contribution in [0.1, 0.15) is 0 Å². The molecule has 0 radical (unpaired) electrons. The van der Waals surface area contributed by atoms with E-state index in [-0.39, 0.29) is 23.3 Å². The van der Waals surface area contributed by atoms with E-state index in [0.717, 1.165) is 10.2 Å². The minimum atomic E-state index is -0.243. The summed E-state index contributed by atoms with van der Waals surface area (Å²) >= 11 is 8.72. The van der Waals surface area contributed by atoms with Crippen LogP contribution in [-0.4, -0.2) is 59.1 Å². The molecule has 25 heavy (non-hydrogen) atoms. The number of ether oxygens (including phenoxy) is 1. The van der Waals surface area contributed by atoms with Crippen LogP contribution in [0.25, 0.3) is 10.2 Å². The zero-order chi connectivity index (χ0) is 17.8. The predicted octanol–water partition coefficient (Wildman–Crippen LogP) is 1.91. The second kappa shape index (κ2) is 8.35. The topological polar surface area (TPSA) is 63.9 Å². The Balaban J connectivity index is 1.59. The van der Waals surface area contributed by atoms with Gasteiger partial charge < -0.3 is 14.2 Å². The number of thioether (sulfide) groups is 1. The molecular weight excluding hydrogens is 382 g/mol. The lowest BCUT2D eigenvalue weighted by Crippen LogP contribution is -2.41. The van der Waals surface area contributed by atoms with Gasteiger partial charge >= 0.3 is 0 Å². The molecule has 134 valence electrons. The molecule has 0 bridgehead atoms. The number of aromatic nitrogens is 1. The molecule has 1 aliphatic rings. The van der Waals surface area contributed by atoms with Gasteiger partial charge in [-0.3, -0.25) is 9.59 Å². The molecule has 0 spiro atoms. The van der Waals surface area contributed by atoms with Crippen LogP contribution >= 0.6 is 34.7 Å². The number of aryl methyl sites for hydroxylation is 1. The van der Waals surface area contributed by atoms with Gasteiger partial charge in [-0.1, -0.05) is 22.9 Å². The second-order valence-electron chi connectivity index (χ2n) is 5.55. The Bertz CT molecular complexity index is 856. The highest BCUT2D eigenvalue weighted by Crippen LogP contribution is 2.21. The van der Waals surface area contributed by atoms with Gasteiger partial charge in [-0.05, 0) is 18.2 Å². The van der Waals surface area contributed by atoms with Gasteiger partial charge in [0.15, 0.2) is 4.80 Å². The summed E-state index contributed by atoms with van der Waals surface area (Å²) in [6, 6.07) is 5.59. The average molecular weight is 400 g/mol. The lowest BCUT2D eigenvalue weighted by atomic mass is 10.3. The number of halogens is 1. The van der Waals surface area contributed by atoms with Gasteiger partial charge in [0.25, 0.3) is 5.91 Å². The first-order chi connectivity index (χ1) is 12.0. The van der Waals surface area contributed by atoms with E-state index in [2.05, 4.69) is 4.99 Å². The molecule has 6 nitrogen and oxygen atoms in total. The number of morpholine rings is 1. The second-order valence-corrected chi connectivity index (χ2v) is 7.98. The fraction of sp³-hybridized carbons (Fsp3) is 0.438. The molecule has 1 fully saturated rings. The number of hydrogen-bond acceptors (Lipinski definition) is 5. The van der Waals surface area contributed by atoms with Crippen molar-refractivity contribution in [3.05, 3.63) is 28.0 Å². The fourth-order valence-corrected chi connectivity index (χ4v) is 4.49. The quantitative estimate of drug-likeness (QED) is 0.787. The average Bonchev–Trinajstić information content (AvgIpc) is 2.90. The van der Waals surface area contributed by atoms with Crippen molar-refractivity contribution in [3.63, 3.8) is 0 Å². The van der Waals surface area contributed by atoms with Gasteiger partial charge in [-0.15, -0.1) is 11.8 Å². The van der Waals surface area contributed by atoms with E-state index in [4.69, 9.17) is 16.3 Å². The Hall–Kier alpha value is -1.35. The maximum atomic E-state index is 12.1. The van der Waals surface area contributed by atoms with E-state index in [0.29, 0.717) is 36.1 Å². The highest BCUT2D eigenvalue weighted by atomic mass is 35.5. The molecule has 3 rings (SSSR count). The molecule has 2 heterocycles. The number of hydrogen-bond donors (Lipinski definition) is 0. The molecule has 0 atom stereocenters. The van der Waals surface area contributed by atoms with Crippen molar-refractivity contribution < 1.29 is 14.3 Å². The first kappa shape index (κ1) is 18.4. The van der Waals surface area contributed by atoms with Gasteiger partial charge in [0.1, 0.15) is 0 Å². The predicted molar refractivity (Wildman–Crippen MR) is 101 cm³/mol. The van der Waals surface area contributed by atoms with Crippen LogP contribution in [0.15, 0.2) is 23.2 Å². The first-order valence-corrected chi connectivity index (χ1v) is 10.2. The van der Waals surface area contributed by atoms with Crippen molar-refractivity contribution in [3.8, 4) is 0 Å². The summed E-state index contributed by atoms with van der Waals surface area (Å²) in [7, 11) is 1.87. The van der Waals surface area contributed by atoms with E-state index >= 15 is 0 Å². The van der Waals surface area contributed by atoms with Crippen LogP contribution < -0.4 is 4.80 Å². The first-order valence-electron chi connectivity index (χ1n) is 7.80. The zero-order valence-corrected chi connectivity index (χ0v) is 16.1. The molecule has 0 N–H and O–H groups in total. The number of nitrogens with zero attached hydrogens (tertiary/aromatic N) is 3. The third-order valence-electron chi connectivity index (χ3n) is 3.81. The number of amides is 2. The molecule has 1 aromatic carbocycles. The highest BCUT2D eigenvalue weighted by molar-refractivity contribution is 8.00. The van der Waals surface area contributed by atoms with Gasteiger partial charge in [0.05, 0.1) is 34.9 Å². The summed E-state index contributed by atoms with van der Waals surface area (Å²) in [4.78, 5) is 30.7. The Morgan fingerprint density at radius 1 is 1.32 bits per heavy atom. The van der Waals surface area contributed by atoms with Gasteiger partial charge in [0, 0.05) is 25.2 Å². The number of carbonyl (C=O) groups excluding carboxylic acids is 2. The summed E-state index contributed by atoms with van der Waals surface area (Å²) in [5.74, 6) is 0.275. The van der Waals surface area contributed by atoms with E-state index < -0.39 is 0 Å². The van der Waals surface area contributed by atoms with E-state index in [9.17, 15) is 9.59 Å². The number of benzene rings is 1. The van der Waals surface area contributed by atoms with Crippen molar-refractivity contribution in [2.45, 2.75) is 0 Å². The van der Waals surface area contributed by atoms with Crippen LogP contribution in [0.2, 0.25) is 5.02 Å². The molecule has 9 heteroatoms. The molecule has 0 saturated carbocycles. The molecule has 1 aromatic heterocycles. The molecule has 0 unspecified atom stereocenters. The van der Waals surface area contributed by atoms with Crippen molar-refractivity contribution in [1.82, 2.24) is 9.47 Å². The molecule has 2 aromatic rings. The summed E-state index contributed by atoms with van der Waals surface area (Å²) in [6.07, 6.45) is 0. The Labute approximate surface area is 158 Å². The van der Waals surface area contributed by atoms with Crippen molar-refractivity contribution in [1.29, 1.82) is 0 Å². The third kappa shape index (κ3) is 4.63. The highest BCUT2D eigenvalue weighted by Gasteiger charge is 2.17. The van der Waals surface area contributed by atoms with Gasteiger partial charge in [-0.25, -0.2) is 0 Å². The van der Waals surface area contributed by atoms with Crippen LogP contribution in [0.3, 0.4) is 0 Å². The van der Waals surface area contributed by atoms with Crippen molar-refractivity contribution in [2.24, 2.45) is 12.0 Å². The third-order valence-corrected chi connectivity index (χ3v) is 6.04. The van der Waals surface area contributed by atoms with E-state index in [1.165, 1.54) is 23.1 Å². The normalized spacial score (nSPS) is 15.8. The molecule has 1 saturated heterocycles. The minimum absolute atomic E-state index is 0.0446.